The summed E-state index contributed by atoms with van der Waals surface area (Å²) in [7, 11) is 1.27. The van der Waals surface area contributed by atoms with Gasteiger partial charge in [-0.05, 0) is 51.3 Å². The van der Waals surface area contributed by atoms with Crippen molar-refractivity contribution in [1.29, 1.82) is 0 Å². The Morgan fingerprint density at radius 1 is 1.17 bits per heavy atom. The molecule has 9 nitrogen and oxygen atoms in total. The molecular weight excluding hydrogens is 448 g/mol. The highest BCUT2D eigenvalue weighted by molar-refractivity contribution is 6.01. The molecule has 4 rings (SSSR count). The highest BCUT2D eigenvalue weighted by Crippen LogP contribution is 2.31. The van der Waals surface area contributed by atoms with Crippen molar-refractivity contribution in [2.75, 3.05) is 7.11 Å². The van der Waals surface area contributed by atoms with Crippen molar-refractivity contribution in [3.63, 3.8) is 0 Å². The van der Waals surface area contributed by atoms with Crippen LogP contribution in [0.4, 0.5) is 0 Å². The number of esters is 1. The minimum absolute atomic E-state index is 0.0444. The standard InChI is InChI=1S/C26H34N4O5/c1-17(2)35-20-12-10-18(11-13-20)15-29-23(31)22-14-21(24(32)34-4)28-30(22)16-26(29,3)25(33)27-19-8-6-5-7-9-19/h10-14,17,19H,5-9,15-16H2,1-4H3,(H,27,33). The number of amides is 2. The fourth-order valence-electron chi connectivity index (χ4n) is 4.81. The van der Waals surface area contributed by atoms with E-state index in [1.807, 2.05) is 38.1 Å². The average Bonchev–Trinajstić information content (AvgIpc) is 3.26. The van der Waals surface area contributed by atoms with Gasteiger partial charge in [0, 0.05) is 18.7 Å². The van der Waals surface area contributed by atoms with Gasteiger partial charge in [0.05, 0.1) is 19.8 Å². The lowest BCUT2D eigenvalue weighted by molar-refractivity contribution is -0.134. The zero-order valence-corrected chi connectivity index (χ0v) is 20.9. The molecule has 1 aromatic heterocycles. The zero-order chi connectivity index (χ0) is 25.2. The molecule has 0 bridgehead atoms. The number of nitrogens with one attached hydrogen (secondary N) is 1. The number of hydrogen-bond acceptors (Lipinski definition) is 6. The third-order valence-corrected chi connectivity index (χ3v) is 6.76. The fourth-order valence-corrected chi connectivity index (χ4v) is 4.81. The molecule has 1 aromatic carbocycles. The van der Waals surface area contributed by atoms with E-state index in [9.17, 15) is 14.4 Å². The van der Waals surface area contributed by atoms with Crippen LogP contribution in [0.25, 0.3) is 0 Å². The summed E-state index contributed by atoms with van der Waals surface area (Å²) in [4.78, 5) is 41.0. The molecule has 1 atom stereocenters. The van der Waals surface area contributed by atoms with E-state index in [0.717, 1.165) is 37.0 Å². The molecule has 2 aromatic rings. The van der Waals surface area contributed by atoms with Gasteiger partial charge < -0.3 is 19.7 Å². The summed E-state index contributed by atoms with van der Waals surface area (Å²) in [6.45, 7) is 6.05. The first-order valence-corrected chi connectivity index (χ1v) is 12.3. The molecule has 1 fully saturated rings. The topological polar surface area (TPSA) is 103 Å². The molecule has 2 amide bonds. The van der Waals surface area contributed by atoms with Crippen molar-refractivity contribution >= 4 is 17.8 Å². The van der Waals surface area contributed by atoms with Crippen LogP contribution in [0.1, 0.15) is 79.4 Å². The molecule has 35 heavy (non-hydrogen) atoms. The van der Waals surface area contributed by atoms with Crippen LogP contribution in [0.2, 0.25) is 0 Å². The van der Waals surface area contributed by atoms with Crippen LogP contribution in [0.15, 0.2) is 30.3 Å². The number of carbonyl (C=O) groups excluding carboxylic acids is 3. The van der Waals surface area contributed by atoms with Crippen LogP contribution in [0, 0.1) is 0 Å². The Labute approximate surface area is 205 Å². The van der Waals surface area contributed by atoms with Crippen molar-refractivity contribution in [2.24, 2.45) is 0 Å². The smallest absolute Gasteiger partial charge is 0.358 e. The molecule has 1 unspecified atom stereocenters. The van der Waals surface area contributed by atoms with E-state index in [4.69, 9.17) is 9.47 Å². The molecule has 9 heteroatoms. The predicted octanol–water partition coefficient (Wildman–Crippen LogP) is 3.32. The largest absolute Gasteiger partial charge is 0.491 e. The second-order valence-corrected chi connectivity index (χ2v) is 9.85. The summed E-state index contributed by atoms with van der Waals surface area (Å²) >= 11 is 0. The maximum Gasteiger partial charge on any atom is 0.358 e. The normalized spacial score (nSPS) is 20.5. The van der Waals surface area contributed by atoms with Crippen LogP contribution in [0.3, 0.4) is 0 Å². The van der Waals surface area contributed by atoms with Gasteiger partial charge in [0.25, 0.3) is 5.91 Å². The van der Waals surface area contributed by atoms with Crippen molar-refractivity contribution in [2.45, 2.75) is 83.6 Å². The lowest BCUT2D eigenvalue weighted by atomic mass is 9.91. The third-order valence-electron chi connectivity index (χ3n) is 6.76. The van der Waals surface area contributed by atoms with Gasteiger partial charge in [0.2, 0.25) is 5.91 Å². The number of ether oxygens (including phenoxy) is 2. The summed E-state index contributed by atoms with van der Waals surface area (Å²) < 4.78 is 12.0. The number of benzene rings is 1. The minimum atomic E-state index is -1.19. The van der Waals surface area contributed by atoms with Gasteiger partial charge in [-0.1, -0.05) is 31.4 Å². The van der Waals surface area contributed by atoms with E-state index >= 15 is 0 Å². The van der Waals surface area contributed by atoms with Crippen LogP contribution < -0.4 is 10.1 Å². The molecule has 2 aliphatic rings. The van der Waals surface area contributed by atoms with Crippen molar-refractivity contribution < 1.29 is 23.9 Å². The highest BCUT2D eigenvalue weighted by Gasteiger charge is 2.48. The van der Waals surface area contributed by atoms with Crippen molar-refractivity contribution in [3.05, 3.63) is 47.3 Å². The Morgan fingerprint density at radius 3 is 2.49 bits per heavy atom. The minimum Gasteiger partial charge on any atom is -0.491 e. The van der Waals surface area contributed by atoms with Crippen molar-refractivity contribution in [3.8, 4) is 5.75 Å². The summed E-state index contributed by atoms with van der Waals surface area (Å²) in [6, 6.07) is 9.06. The Hall–Kier alpha value is -3.36. The molecule has 2 heterocycles. The van der Waals surface area contributed by atoms with Crippen LogP contribution >= 0.6 is 0 Å². The first-order chi connectivity index (χ1) is 16.7. The maximum atomic E-state index is 13.7. The second-order valence-electron chi connectivity index (χ2n) is 9.85. The lowest BCUT2D eigenvalue weighted by Gasteiger charge is -2.44. The SMILES string of the molecule is COC(=O)c1cc2n(n1)CC(C)(C(=O)NC1CCCCC1)N(Cc1ccc(OC(C)C)cc1)C2=O. The predicted molar refractivity (Wildman–Crippen MR) is 129 cm³/mol. The van der Waals surface area contributed by atoms with E-state index in [1.165, 1.54) is 24.3 Å². The zero-order valence-electron chi connectivity index (χ0n) is 20.9. The fraction of sp³-hybridized carbons (Fsp3) is 0.538. The van der Waals surface area contributed by atoms with Gasteiger partial charge >= 0.3 is 5.97 Å². The van der Waals surface area contributed by atoms with Gasteiger partial charge in [-0.3, -0.25) is 14.3 Å². The van der Waals surface area contributed by atoms with Gasteiger partial charge in [-0.15, -0.1) is 0 Å². The summed E-state index contributed by atoms with van der Waals surface area (Å²) in [5.74, 6) is -0.450. The van der Waals surface area contributed by atoms with Gasteiger partial charge in [0.15, 0.2) is 5.69 Å². The highest BCUT2D eigenvalue weighted by atomic mass is 16.5. The molecule has 1 aliphatic carbocycles. The molecular formula is C26H34N4O5. The van der Waals surface area contributed by atoms with Gasteiger partial charge in [0.1, 0.15) is 17.0 Å². The number of aromatic nitrogens is 2. The summed E-state index contributed by atoms with van der Waals surface area (Å²) in [6.07, 6.45) is 5.28. The van der Waals surface area contributed by atoms with E-state index in [1.54, 1.807) is 11.8 Å². The quantitative estimate of drug-likeness (QED) is 0.608. The Bertz CT molecular complexity index is 1090. The Kier molecular flexibility index (Phi) is 7.14. The number of methoxy groups -OCH3 is 1. The van der Waals surface area contributed by atoms with Crippen LogP contribution in [-0.4, -0.2) is 57.3 Å². The molecule has 0 radical (unpaired) electrons. The number of rotatable bonds is 7. The first kappa shape index (κ1) is 24.8. The van der Waals surface area contributed by atoms with Crippen LogP contribution in [-0.2, 0) is 22.6 Å². The number of carbonyl (C=O) groups is 3. The average molecular weight is 483 g/mol. The van der Waals surface area contributed by atoms with Gasteiger partial charge in [-0.25, -0.2) is 4.79 Å². The third kappa shape index (κ3) is 5.18. The number of nitrogens with zero attached hydrogens (tertiary/aromatic N) is 3. The van der Waals surface area contributed by atoms with E-state index in [0.29, 0.717) is 0 Å². The Balaban J connectivity index is 1.65. The molecule has 1 aliphatic heterocycles. The van der Waals surface area contributed by atoms with E-state index in [2.05, 4.69) is 10.4 Å². The molecule has 1 saturated carbocycles. The van der Waals surface area contributed by atoms with E-state index in [-0.39, 0.29) is 48.4 Å². The second kappa shape index (κ2) is 10.1. The molecule has 0 spiro atoms. The molecule has 188 valence electrons. The van der Waals surface area contributed by atoms with Gasteiger partial charge in [-0.2, -0.15) is 5.10 Å². The number of hydrogen-bond donors (Lipinski definition) is 1. The molecule has 0 saturated heterocycles. The lowest BCUT2D eigenvalue weighted by Crippen LogP contribution is -2.64. The monoisotopic (exact) mass is 482 g/mol. The summed E-state index contributed by atoms with van der Waals surface area (Å²) in [5, 5.41) is 7.46. The summed E-state index contributed by atoms with van der Waals surface area (Å²) in [5.41, 5.74) is -0.0167. The van der Waals surface area contributed by atoms with Crippen LogP contribution in [0.5, 0.6) is 5.75 Å². The number of fused-ring (bicyclic) bond motifs is 1. The van der Waals surface area contributed by atoms with Crippen molar-refractivity contribution in [1.82, 2.24) is 20.0 Å². The van der Waals surface area contributed by atoms with E-state index < -0.39 is 11.5 Å². The maximum absolute atomic E-state index is 13.7. The molecule has 1 N–H and O–H groups in total. The Morgan fingerprint density at radius 2 is 1.86 bits per heavy atom. The first-order valence-electron chi connectivity index (χ1n) is 12.3.